The van der Waals surface area contributed by atoms with Crippen LogP contribution in [-0.2, 0) is 17.8 Å². The molecular weight excluding hydrogens is 336 g/mol. The van der Waals surface area contributed by atoms with E-state index in [0.717, 1.165) is 25.1 Å². The number of benzene rings is 2. The standard InChI is InChI=1S/C23H28N2O2/c1-18-4-10-23(11-5-18)27-25-13-12-21(15-22(25)17-26)14-19-6-8-20(9-7-19)16-24(2)3/h4-11,21H,12-16H2,1-3H3. The number of hydroxylamine groups is 2. The Labute approximate surface area is 162 Å². The number of nitrogens with zero attached hydrogens (tertiary/aromatic N) is 2. The summed E-state index contributed by atoms with van der Waals surface area (Å²) < 4.78 is 0. The molecule has 2 aromatic rings. The van der Waals surface area contributed by atoms with Gasteiger partial charge in [0.05, 0.1) is 6.54 Å². The van der Waals surface area contributed by atoms with Gasteiger partial charge < -0.3 is 9.74 Å². The van der Waals surface area contributed by atoms with E-state index >= 15 is 0 Å². The lowest BCUT2D eigenvalue weighted by atomic mass is 9.89. The molecule has 0 amide bonds. The summed E-state index contributed by atoms with van der Waals surface area (Å²) >= 11 is 0. The van der Waals surface area contributed by atoms with Crippen LogP contribution in [0.1, 0.15) is 29.5 Å². The highest BCUT2D eigenvalue weighted by atomic mass is 16.7. The van der Waals surface area contributed by atoms with E-state index in [0.29, 0.717) is 24.6 Å². The Morgan fingerprint density at radius 2 is 1.74 bits per heavy atom. The van der Waals surface area contributed by atoms with Gasteiger partial charge in [0, 0.05) is 13.0 Å². The lowest BCUT2D eigenvalue weighted by Crippen LogP contribution is -2.35. The molecule has 4 nitrogen and oxygen atoms in total. The predicted molar refractivity (Wildman–Crippen MR) is 108 cm³/mol. The first-order valence-electron chi connectivity index (χ1n) is 9.52. The molecule has 27 heavy (non-hydrogen) atoms. The maximum absolute atomic E-state index is 11.5. The van der Waals surface area contributed by atoms with Crippen LogP contribution in [-0.4, -0.2) is 36.5 Å². The zero-order chi connectivity index (χ0) is 19.2. The normalized spacial score (nSPS) is 17.1. The Morgan fingerprint density at radius 1 is 1.07 bits per heavy atom. The molecule has 0 bridgehead atoms. The minimum Gasteiger partial charge on any atom is -0.379 e. The first-order chi connectivity index (χ1) is 13.0. The van der Waals surface area contributed by atoms with Gasteiger partial charge in [-0.25, -0.2) is 9.86 Å². The first kappa shape index (κ1) is 19.2. The molecule has 0 radical (unpaired) electrons. The summed E-state index contributed by atoms with van der Waals surface area (Å²) in [6, 6.07) is 16.7. The molecule has 1 aliphatic rings. The summed E-state index contributed by atoms with van der Waals surface area (Å²) in [5.41, 5.74) is 4.43. The van der Waals surface area contributed by atoms with E-state index in [1.54, 1.807) is 5.06 Å². The van der Waals surface area contributed by atoms with Gasteiger partial charge in [0.1, 0.15) is 11.6 Å². The molecule has 0 aliphatic carbocycles. The van der Waals surface area contributed by atoms with Crippen molar-refractivity contribution >= 4 is 5.94 Å². The molecule has 1 saturated heterocycles. The average molecular weight is 364 g/mol. The summed E-state index contributed by atoms with van der Waals surface area (Å²) in [5, 5.41) is 1.70. The molecule has 2 aromatic carbocycles. The fourth-order valence-electron chi connectivity index (χ4n) is 3.49. The van der Waals surface area contributed by atoms with Crippen LogP contribution in [0.15, 0.2) is 54.2 Å². The Balaban J connectivity index is 1.58. The van der Waals surface area contributed by atoms with Crippen molar-refractivity contribution in [3.05, 3.63) is 70.9 Å². The van der Waals surface area contributed by atoms with Gasteiger partial charge in [-0.05, 0) is 63.0 Å². The predicted octanol–water partition coefficient (Wildman–Crippen LogP) is 4.02. The van der Waals surface area contributed by atoms with Gasteiger partial charge in [-0.1, -0.05) is 42.0 Å². The highest BCUT2D eigenvalue weighted by Gasteiger charge is 2.25. The van der Waals surface area contributed by atoms with E-state index in [1.165, 1.54) is 16.7 Å². The highest BCUT2D eigenvalue weighted by molar-refractivity contribution is 5.51. The molecule has 0 saturated carbocycles. The van der Waals surface area contributed by atoms with Gasteiger partial charge >= 0.3 is 0 Å². The van der Waals surface area contributed by atoms with Crippen LogP contribution in [0.3, 0.4) is 0 Å². The van der Waals surface area contributed by atoms with Crippen LogP contribution in [0.2, 0.25) is 0 Å². The molecule has 1 heterocycles. The summed E-state index contributed by atoms with van der Waals surface area (Å²) in [4.78, 5) is 19.5. The maximum atomic E-state index is 11.5. The summed E-state index contributed by atoms with van der Waals surface area (Å²) in [6.45, 7) is 3.70. The Bertz CT molecular complexity index is 790. The molecule has 0 aromatic heterocycles. The van der Waals surface area contributed by atoms with E-state index in [2.05, 4.69) is 49.2 Å². The van der Waals surface area contributed by atoms with Gasteiger partial charge in [0.2, 0.25) is 0 Å². The number of rotatable bonds is 6. The molecule has 142 valence electrons. The molecule has 1 unspecified atom stereocenters. The van der Waals surface area contributed by atoms with Gasteiger partial charge in [0.15, 0.2) is 5.75 Å². The zero-order valence-electron chi connectivity index (χ0n) is 16.4. The van der Waals surface area contributed by atoms with Gasteiger partial charge in [-0.2, -0.15) is 0 Å². The molecular formula is C23H28N2O2. The number of allylic oxidation sites excluding steroid dienone is 1. The number of aryl methyl sites for hydroxylation is 1. The second-order valence-electron chi connectivity index (χ2n) is 7.67. The van der Waals surface area contributed by atoms with Crippen LogP contribution < -0.4 is 4.84 Å². The van der Waals surface area contributed by atoms with Crippen molar-refractivity contribution < 1.29 is 9.63 Å². The van der Waals surface area contributed by atoms with Crippen LogP contribution in [0, 0.1) is 12.8 Å². The van der Waals surface area contributed by atoms with Crippen molar-refractivity contribution in [2.75, 3.05) is 20.6 Å². The molecule has 0 spiro atoms. The minimum atomic E-state index is 0.444. The largest absolute Gasteiger partial charge is 0.379 e. The third kappa shape index (κ3) is 5.46. The molecule has 1 fully saturated rings. The maximum Gasteiger partial charge on any atom is 0.155 e. The van der Waals surface area contributed by atoms with Crippen LogP contribution in [0.4, 0.5) is 0 Å². The van der Waals surface area contributed by atoms with Crippen molar-refractivity contribution in [1.82, 2.24) is 9.96 Å². The lowest BCUT2D eigenvalue weighted by Gasteiger charge is -2.33. The number of hydrogen-bond acceptors (Lipinski definition) is 4. The quantitative estimate of drug-likeness (QED) is 0.725. The van der Waals surface area contributed by atoms with Crippen LogP contribution >= 0.6 is 0 Å². The summed E-state index contributed by atoms with van der Waals surface area (Å²) in [7, 11) is 4.15. The van der Waals surface area contributed by atoms with E-state index in [1.807, 2.05) is 31.2 Å². The van der Waals surface area contributed by atoms with E-state index < -0.39 is 0 Å². The zero-order valence-corrected chi connectivity index (χ0v) is 16.4. The number of piperidine rings is 1. The molecule has 4 heteroatoms. The SMILES string of the molecule is Cc1ccc(ON2CCC(Cc3ccc(CN(C)C)cc3)CC2=C=O)cc1. The van der Waals surface area contributed by atoms with Crippen molar-refractivity contribution in [3.63, 3.8) is 0 Å². The van der Waals surface area contributed by atoms with Crippen molar-refractivity contribution in [2.24, 2.45) is 5.92 Å². The number of hydrogen-bond donors (Lipinski definition) is 0. The third-order valence-electron chi connectivity index (χ3n) is 4.92. The van der Waals surface area contributed by atoms with Crippen molar-refractivity contribution in [3.8, 4) is 5.75 Å². The second kappa shape index (κ2) is 8.90. The monoisotopic (exact) mass is 364 g/mol. The fourth-order valence-corrected chi connectivity index (χ4v) is 3.49. The topological polar surface area (TPSA) is 32.8 Å². The van der Waals surface area contributed by atoms with E-state index in [9.17, 15) is 4.79 Å². The second-order valence-corrected chi connectivity index (χ2v) is 7.67. The molecule has 1 aliphatic heterocycles. The van der Waals surface area contributed by atoms with Crippen LogP contribution in [0.25, 0.3) is 0 Å². The summed E-state index contributed by atoms with van der Waals surface area (Å²) in [5.74, 6) is 3.29. The summed E-state index contributed by atoms with van der Waals surface area (Å²) in [6.07, 6.45) is 2.68. The van der Waals surface area contributed by atoms with E-state index in [-0.39, 0.29) is 0 Å². The molecule has 0 N–H and O–H groups in total. The minimum absolute atomic E-state index is 0.444. The van der Waals surface area contributed by atoms with Crippen LogP contribution in [0.5, 0.6) is 5.75 Å². The van der Waals surface area contributed by atoms with Crippen molar-refractivity contribution in [2.45, 2.75) is 32.7 Å². The average Bonchev–Trinajstić information content (AvgIpc) is 2.66. The first-order valence-corrected chi connectivity index (χ1v) is 9.52. The molecule has 1 atom stereocenters. The fraction of sp³-hybridized carbons (Fsp3) is 0.391. The van der Waals surface area contributed by atoms with Gasteiger partial charge in [-0.15, -0.1) is 0 Å². The van der Waals surface area contributed by atoms with Crippen molar-refractivity contribution in [1.29, 1.82) is 0 Å². The van der Waals surface area contributed by atoms with E-state index in [4.69, 9.17) is 4.84 Å². The Kier molecular flexibility index (Phi) is 6.33. The smallest absolute Gasteiger partial charge is 0.155 e. The third-order valence-corrected chi connectivity index (χ3v) is 4.92. The molecule has 3 rings (SSSR count). The Morgan fingerprint density at radius 3 is 2.37 bits per heavy atom. The van der Waals surface area contributed by atoms with Gasteiger partial charge in [0.25, 0.3) is 0 Å². The highest BCUT2D eigenvalue weighted by Crippen LogP contribution is 2.28. The van der Waals surface area contributed by atoms with Gasteiger partial charge in [-0.3, -0.25) is 0 Å². The lowest BCUT2D eigenvalue weighted by molar-refractivity contribution is -0.0439. The Hall–Kier alpha value is -2.55. The number of carbonyl (C=O) groups excluding carboxylic acids is 1.